The number of halogens is 2. The van der Waals surface area contributed by atoms with Crippen molar-refractivity contribution in [1.82, 2.24) is 4.98 Å². The van der Waals surface area contributed by atoms with Gasteiger partial charge in [-0.05, 0) is 30.7 Å². The lowest BCUT2D eigenvalue weighted by atomic mass is 10.2. The van der Waals surface area contributed by atoms with Gasteiger partial charge >= 0.3 is 0 Å². The number of nitrogens with zero attached hydrogens (tertiary/aromatic N) is 1. The van der Waals surface area contributed by atoms with Crippen LogP contribution in [0.5, 0.6) is 0 Å². The van der Waals surface area contributed by atoms with Crippen LogP contribution in [0.3, 0.4) is 0 Å². The molecule has 0 radical (unpaired) electrons. The molecule has 2 nitrogen and oxygen atoms in total. The van der Waals surface area contributed by atoms with Crippen LogP contribution in [-0.2, 0) is 18.0 Å². The Kier molecular flexibility index (Phi) is 5.49. The first-order valence-corrected chi connectivity index (χ1v) is 9.15. The minimum Gasteiger partial charge on any atom is -0.371 e. The quantitative estimate of drug-likeness (QED) is 0.497. The van der Waals surface area contributed by atoms with E-state index < -0.39 is 0 Å². The number of benzene rings is 2. The summed E-state index contributed by atoms with van der Waals surface area (Å²) in [6.07, 6.45) is 0. The highest BCUT2D eigenvalue weighted by molar-refractivity contribution is 9.10. The standard InChI is InChI=1S/C18H15BrClNOS/c1-12-17(11-22-10-13-6-8-14(19)9-7-13)23-18(21-12)15-4-2-3-5-16(15)20/h2-9H,10-11H2,1H3. The Morgan fingerprint density at radius 3 is 2.57 bits per heavy atom. The maximum atomic E-state index is 6.25. The average molecular weight is 409 g/mol. The average Bonchev–Trinajstić information content (AvgIpc) is 2.91. The molecule has 0 fully saturated rings. The van der Waals surface area contributed by atoms with E-state index in [1.807, 2.05) is 43.3 Å². The molecular weight excluding hydrogens is 394 g/mol. The Labute approximate surface area is 153 Å². The SMILES string of the molecule is Cc1nc(-c2ccccc2Cl)sc1COCc1ccc(Br)cc1. The van der Waals surface area contributed by atoms with Gasteiger partial charge in [-0.1, -0.05) is 57.9 Å². The lowest BCUT2D eigenvalue weighted by Crippen LogP contribution is -1.93. The van der Waals surface area contributed by atoms with E-state index in [1.165, 1.54) is 0 Å². The van der Waals surface area contributed by atoms with E-state index in [0.29, 0.717) is 13.2 Å². The van der Waals surface area contributed by atoms with Crippen molar-refractivity contribution in [2.75, 3.05) is 0 Å². The number of hydrogen-bond acceptors (Lipinski definition) is 3. The van der Waals surface area contributed by atoms with Gasteiger partial charge in [-0.25, -0.2) is 4.98 Å². The molecule has 0 saturated carbocycles. The van der Waals surface area contributed by atoms with Gasteiger partial charge in [0.25, 0.3) is 0 Å². The van der Waals surface area contributed by atoms with E-state index in [0.717, 1.165) is 36.2 Å². The normalized spacial score (nSPS) is 10.9. The van der Waals surface area contributed by atoms with Crippen molar-refractivity contribution >= 4 is 38.9 Å². The molecular formula is C18H15BrClNOS. The molecule has 1 aromatic heterocycles. The fourth-order valence-electron chi connectivity index (χ4n) is 2.15. The van der Waals surface area contributed by atoms with E-state index in [1.54, 1.807) is 11.3 Å². The topological polar surface area (TPSA) is 22.1 Å². The van der Waals surface area contributed by atoms with Gasteiger partial charge in [0.15, 0.2) is 0 Å². The molecule has 2 aromatic carbocycles. The molecule has 23 heavy (non-hydrogen) atoms. The van der Waals surface area contributed by atoms with Crippen LogP contribution in [0.25, 0.3) is 10.6 Å². The minimum absolute atomic E-state index is 0.560. The number of hydrogen-bond donors (Lipinski definition) is 0. The molecule has 0 spiro atoms. The van der Waals surface area contributed by atoms with Crippen molar-refractivity contribution in [2.45, 2.75) is 20.1 Å². The molecule has 0 bridgehead atoms. The summed E-state index contributed by atoms with van der Waals surface area (Å²) in [4.78, 5) is 5.76. The summed E-state index contributed by atoms with van der Waals surface area (Å²) >= 11 is 11.3. The van der Waals surface area contributed by atoms with Crippen LogP contribution >= 0.6 is 38.9 Å². The van der Waals surface area contributed by atoms with Crippen LogP contribution in [0.15, 0.2) is 53.0 Å². The smallest absolute Gasteiger partial charge is 0.125 e. The number of ether oxygens (including phenoxy) is 1. The Bertz CT molecular complexity index is 801. The molecule has 0 unspecified atom stereocenters. The molecule has 0 amide bonds. The highest BCUT2D eigenvalue weighted by atomic mass is 79.9. The van der Waals surface area contributed by atoms with Gasteiger partial charge < -0.3 is 4.74 Å². The molecule has 0 atom stereocenters. The number of thiazole rings is 1. The van der Waals surface area contributed by atoms with E-state index in [9.17, 15) is 0 Å². The highest BCUT2D eigenvalue weighted by Gasteiger charge is 2.11. The fourth-order valence-corrected chi connectivity index (χ4v) is 3.74. The lowest BCUT2D eigenvalue weighted by molar-refractivity contribution is 0.109. The highest BCUT2D eigenvalue weighted by Crippen LogP contribution is 2.33. The first kappa shape index (κ1) is 16.7. The molecule has 3 aromatic rings. The fraction of sp³-hybridized carbons (Fsp3) is 0.167. The summed E-state index contributed by atoms with van der Waals surface area (Å²) in [5, 5.41) is 1.67. The first-order valence-electron chi connectivity index (χ1n) is 7.17. The predicted octanol–water partition coefficient (Wildman–Crippen LogP) is 6.25. The van der Waals surface area contributed by atoms with Crippen molar-refractivity contribution in [3.8, 4) is 10.6 Å². The third-order valence-corrected chi connectivity index (χ3v) is 5.43. The molecule has 0 aliphatic carbocycles. The van der Waals surface area contributed by atoms with Gasteiger partial charge in [-0.3, -0.25) is 0 Å². The van der Waals surface area contributed by atoms with Crippen molar-refractivity contribution in [3.63, 3.8) is 0 Å². The van der Waals surface area contributed by atoms with E-state index in [-0.39, 0.29) is 0 Å². The van der Waals surface area contributed by atoms with Crippen LogP contribution in [0, 0.1) is 6.92 Å². The Balaban J connectivity index is 1.67. The minimum atomic E-state index is 0.560. The van der Waals surface area contributed by atoms with E-state index in [2.05, 4.69) is 33.0 Å². The Morgan fingerprint density at radius 1 is 1.09 bits per heavy atom. The van der Waals surface area contributed by atoms with Crippen molar-refractivity contribution in [1.29, 1.82) is 0 Å². The van der Waals surface area contributed by atoms with Gasteiger partial charge in [0, 0.05) is 10.0 Å². The third-order valence-electron chi connectivity index (χ3n) is 3.41. The van der Waals surface area contributed by atoms with Gasteiger partial charge in [0.05, 0.1) is 28.8 Å². The largest absolute Gasteiger partial charge is 0.371 e. The molecule has 3 rings (SSSR count). The van der Waals surface area contributed by atoms with Crippen LogP contribution in [0.1, 0.15) is 16.1 Å². The maximum absolute atomic E-state index is 6.25. The second-order valence-electron chi connectivity index (χ2n) is 5.13. The monoisotopic (exact) mass is 407 g/mol. The maximum Gasteiger partial charge on any atom is 0.125 e. The van der Waals surface area contributed by atoms with Crippen LogP contribution in [-0.4, -0.2) is 4.98 Å². The van der Waals surface area contributed by atoms with Crippen LogP contribution in [0.4, 0.5) is 0 Å². The number of aromatic nitrogens is 1. The van der Waals surface area contributed by atoms with Crippen molar-refractivity contribution in [3.05, 3.63) is 74.2 Å². The molecule has 0 saturated heterocycles. The molecule has 118 valence electrons. The molecule has 0 N–H and O–H groups in total. The van der Waals surface area contributed by atoms with Gasteiger partial charge in [-0.2, -0.15) is 0 Å². The van der Waals surface area contributed by atoms with Gasteiger partial charge in [0.2, 0.25) is 0 Å². The molecule has 1 heterocycles. The zero-order chi connectivity index (χ0) is 16.2. The second kappa shape index (κ2) is 7.58. The van der Waals surface area contributed by atoms with E-state index >= 15 is 0 Å². The summed E-state index contributed by atoms with van der Waals surface area (Å²) in [6, 6.07) is 15.9. The van der Waals surface area contributed by atoms with E-state index in [4.69, 9.17) is 16.3 Å². The summed E-state index contributed by atoms with van der Waals surface area (Å²) in [6.45, 7) is 3.16. The zero-order valence-electron chi connectivity index (χ0n) is 12.6. The predicted molar refractivity (Wildman–Crippen MR) is 99.9 cm³/mol. The lowest BCUT2D eigenvalue weighted by Gasteiger charge is -2.03. The van der Waals surface area contributed by atoms with Gasteiger partial charge in [-0.15, -0.1) is 11.3 Å². The number of aryl methyl sites for hydroxylation is 1. The van der Waals surface area contributed by atoms with Crippen LogP contribution in [0.2, 0.25) is 5.02 Å². The number of rotatable bonds is 5. The summed E-state index contributed by atoms with van der Waals surface area (Å²) in [5.41, 5.74) is 3.13. The Morgan fingerprint density at radius 2 is 1.83 bits per heavy atom. The van der Waals surface area contributed by atoms with Gasteiger partial charge in [0.1, 0.15) is 5.01 Å². The van der Waals surface area contributed by atoms with Crippen molar-refractivity contribution < 1.29 is 4.74 Å². The summed E-state index contributed by atoms with van der Waals surface area (Å²) in [7, 11) is 0. The van der Waals surface area contributed by atoms with Crippen LogP contribution < -0.4 is 0 Å². The molecule has 0 aliphatic rings. The second-order valence-corrected chi connectivity index (χ2v) is 7.53. The zero-order valence-corrected chi connectivity index (χ0v) is 15.7. The molecule has 0 aliphatic heterocycles. The summed E-state index contributed by atoms with van der Waals surface area (Å²) < 4.78 is 6.90. The first-order chi connectivity index (χ1) is 11.1. The summed E-state index contributed by atoms with van der Waals surface area (Å²) in [5.74, 6) is 0. The van der Waals surface area contributed by atoms with Crippen molar-refractivity contribution in [2.24, 2.45) is 0 Å². The third kappa shape index (κ3) is 4.21. The molecule has 5 heteroatoms. The Hall–Kier alpha value is -1.20.